The van der Waals surface area contributed by atoms with Gasteiger partial charge in [0.05, 0.1) is 12.7 Å². The summed E-state index contributed by atoms with van der Waals surface area (Å²) in [5, 5.41) is 0. The summed E-state index contributed by atoms with van der Waals surface area (Å²) in [6.07, 6.45) is 0. The largest absolute Gasteiger partial charge is 0.497 e. The van der Waals surface area contributed by atoms with Gasteiger partial charge in [0.2, 0.25) is 0 Å². The van der Waals surface area contributed by atoms with E-state index in [9.17, 15) is 4.79 Å². The van der Waals surface area contributed by atoms with E-state index in [1.54, 1.807) is 31.4 Å². The molecule has 100 valence electrons. The highest BCUT2D eigenvalue weighted by Gasteiger charge is 2.05. The number of hydrogen-bond donors (Lipinski definition) is 0. The number of rotatable bonds is 3. The SMILES string of the molecule is COc1ccc(C(=O)OCC#Cc2ccccc2)cc1. The molecule has 0 saturated carbocycles. The number of benzene rings is 2. The molecular formula is C17H14O3. The molecule has 2 rings (SSSR count). The van der Waals surface area contributed by atoms with Crippen LogP contribution in [0.5, 0.6) is 5.75 Å². The first-order valence-corrected chi connectivity index (χ1v) is 6.14. The summed E-state index contributed by atoms with van der Waals surface area (Å²) in [6, 6.07) is 16.3. The van der Waals surface area contributed by atoms with E-state index in [2.05, 4.69) is 11.8 Å². The molecule has 0 heterocycles. The van der Waals surface area contributed by atoms with Crippen LogP contribution in [0.1, 0.15) is 15.9 Å². The molecule has 2 aromatic rings. The van der Waals surface area contributed by atoms with Crippen LogP contribution in [0, 0.1) is 11.8 Å². The zero-order valence-electron chi connectivity index (χ0n) is 11.1. The predicted octanol–water partition coefficient (Wildman–Crippen LogP) is 2.90. The first kappa shape index (κ1) is 13.7. The Morgan fingerprint density at radius 3 is 2.40 bits per heavy atom. The molecule has 0 fully saturated rings. The van der Waals surface area contributed by atoms with Crippen LogP contribution in [0.25, 0.3) is 0 Å². The predicted molar refractivity (Wildman–Crippen MR) is 76.6 cm³/mol. The van der Waals surface area contributed by atoms with Gasteiger partial charge in [-0.1, -0.05) is 30.0 Å². The average Bonchev–Trinajstić information content (AvgIpc) is 2.52. The van der Waals surface area contributed by atoms with Crippen molar-refractivity contribution < 1.29 is 14.3 Å². The molecule has 0 radical (unpaired) electrons. The molecule has 0 aliphatic carbocycles. The molecule has 0 aliphatic rings. The van der Waals surface area contributed by atoms with Gasteiger partial charge >= 0.3 is 5.97 Å². The lowest BCUT2D eigenvalue weighted by Gasteiger charge is -2.02. The van der Waals surface area contributed by atoms with Gasteiger partial charge in [-0.2, -0.15) is 0 Å². The molecule has 0 amide bonds. The van der Waals surface area contributed by atoms with Crippen LogP contribution in [-0.4, -0.2) is 19.7 Å². The van der Waals surface area contributed by atoms with E-state index in [4.69, 9.17) is 9.47 Å². The van der Waals surface area contributed by atoms with Gasteiger partial charge in [-0.05, 0) is 36.4 Å². The minimum absolute atomic E-state index is 0.0692. The summed E-state index contributed by atoms with van der Waals surface area (Å²) in [4.78, 5) is 11.7. The van der Waals surface area contributed by atoms with E-state index < -0.39 is 5.97 Å². The molecule has 0 N–H and O–H groups in total. The smallest absolute Gasteiger partial charge is 0.339 e. The van der Waals surface area contributed by atoms with E-state index in [0.29, 0.717) is 11.3 Å². The molecule has 0 atom stereocenters. The van der Waals surface area contributed by atoms with Gasteiger partial charge in [0.1, 0.15) is 5.75 Å². The number of ether oxygens (including phenoxy) is 2. The second-order valence-electron chi connectivity index (χ2n) is 3.97. The van der Waals surface area contributed by atoms with Crippen LogP contribution >= 0.6 is 0 Å². The minimum atomic E-state index is -0.394. The highest BCUT2D eigenvalue weighted by Crippen LogP contribution is 2.11. The zero-order valence-corrected chi connectivity index (χ0v) is 11.1. The second kappa shape index (κ2) is 7.01. The lowest BCUT2D eigenvalue weighted by molar-refractivity contribution is 0.0556. The Hall–Kier alpha value is -2.73. The maximum atomic E-state index is 11.7. The van der Waals surface area contributed by atoms with Crippen LogP contribution in [-0.2, 0) is 4.74 Å². The fraction of sp³-hybridized carbons (Fsp3) is 0.118. The molecule has 3 nitrogen and oxygen atoms in total. The third-order valence-corrected chi connectivity index (χ3v) is 2.61. The molecule has 3 heteroatoms. The summed E-state index contributed by atoms with van der Waals surface area (Å²) in [5.74, 6) is 6.04. The van der Waals surface area contributed by atoms with Crippen molar-refractivity contribution in [2.75, 3.05) is 13.7 Å². The first-order chi connectivity index (χ1) is 9.79. The van der Waals surface area contributed by atoms with Crippen molar-refractivity contribution in [1.82, 2.24) is 0 Å². The van der Waals surface area contributed by atoms with Crippen molar-refractivity contribution in [3.8, 4) is 17.6 Å². The Bertz CT molecular complexity index is 619. The highest BCUT2D eigenvalue weighted by molar-refractivity contribution is 5.89. The highest BCUT2D eigenvalue weighted by atomic mass is 16.5. The summed E-state index contributed by atoms with van der Waals surface area (Å²) in [5.41, 5.74) is 1.38. The molecule has 0 bridgehead atoms. The topological polar surface area (TPSA) is 35.5 Å². The first-order valence-electron chi connectivity index (χ1n) is 6.14. The van der Waals surface area contributed by atoms with Gasteiger partial charge in [-0.15, -0.1) is 0 Å². The maximum absolute atomic E-state index is 11.7. The molecule has 0 saturated heterocycles. The van der Waals surface area contributed by atoms with Crippen molar-refractivity contribution in [2.45, 2.75) is 0 Å². The minimum Gasteiger partial charge on any atom is -0.497 e. The van der Waals surface area contributed by atoms with Gasteiger partial charge in [-0.25, -0.2) is 4.79 Å². The number of methoxy groups -OCH3 is 1. The summed E-state index contributed by atoms with van der Waals surface area (Å²) < 4.78 is 10.1. The number of carbonyl (C=O) groups excluding carboxylic acids is 1. The van der Waals surface area contributed by atoms with E-state index in [0.717, 1.165) is 5.56 Å². The van der Waals surface area contributed by atoms with Gasteiger partial charge in [0.25, 0.3) is 0 Å². The van der Waals surface area contributed by atoms with Gasteiger partial charge < -0.3 is 9.47 Å². The zero-order chi connectivity index (χ0) is 14.2. The third kappa shape index (κ3) is 3.89. The van der Waals surface area contributed by atoms with Crippen LogP contribution in [0.3, 0.4) is 0 Å². The third-order valence-electron chi connectivity index (χ3n) is 2.61. The van der Waals surface area contributed by atoms with Crippen molar-refractivity contribution >= 4 is 5.97 Å². The lowest BCUT2D eigenvalue weighted by Crippen LogP contribution is -2.05. The Labute approximate surface area is 118 Å². The van der Waals surface area contributed by atoms with Crippen molar-refractivity contribution in [3.63, 3.8) is 0 Å². The van der Waals surface area contributed by atoms with E-state index >= 15 is 0 Å². The maximum Gasteiger partial charge on any atom is 0.339 e. The van der Waals surface area contributed by atoms with Gasteiger partial charge in [0.15, 0.2) is 6.61 Å². The summed E-state index contributed by atoms with van der Waals surface area (Å²) >= 11 is 0. The van der Waals surface area contributed by atoms with Crippen LogP contribution < -0.4 is 4.74 Å². The molecular weight excluding hydrogens is 252 g/mol. The summed E-state index contributed by atoms with van der Waals surface area (Å²) in [7, 11) is 1.58. The monoisotopic (exact) mass is 266 g/mol. The quantitative estimate of drug-likeness (QED) is 0.633. The van der Waals surface area contributed by atoms with Crippen LogP contribution in [0.2, 0.25) is 0 Å². The Morgan fingerprint density at radius 2 is 1.75 bits per heavy atom. The molecule has 0 aromatic heterocycles. The second-order valence-corrected chi connectivity index (χ2v) is 3.97. The standard InChI is InChI=1S/C17H14O3/c1-19-16-11-9-15(10-12-16)17(18)20-13-5-8-14-6-3-2-4-7-14/h2-4,6-7,9-12H,13H2,1H3. The van der Waals surface area contributed by atoms with E-state index in [1.165, 1.54) is 0 Å². The van der Waals surface area contributed by atoms with Crippen LogP contribution in [0.4, 0.5) is 0 Å². The number of carbonyl (C=O) groups is 1. The Balaban J connectivity index is 1.87. The number of esters is 1. The van der Waals surface area contributed by atoms with Crippen LogP contribution in [0.15, 0.2) is 54.6 Å². The molecule has 20 heavy (non-hydrogen) atoms. The molecule has 0 aliphatic heterocycles. The van der Waals surface area contributed by atoms with Crippen molar-refractivity contribution in [2.24, 2.45) is 0 Å². The Kier molecular flexibility index (Phi) is 4.80. The number of hydrogen-bond acceptors (Lipinski definition) is 3. The van der Waals surface area contributed by atoms with Gasteiger partial charge in [0, 0.05) is 5.56 Å². The Morgan fingerprint density at radius 1 is 1.05 bits per heavy atom. The van der Waals surface area contributed by atoms with E-state index in [-0.39, 0.29) is 6.61 Å². The normalized spacial score (nSPS) is 9.25. The average molecular weight is 266 g/mol. The fourth-order valence-electron chi connectivity index (χ4n) is 1.57. The molecule has 0 unspecified atom stereocenters. The molecule has 2 aromatic carbocycles. The van der Waals surface area contributed by atoms with E-state index in [1.807, 2.05) is 30.3 Å². The van der Waals surface area contributed by atoms with Crippen molar-refractivity contribution in [1.29, 1.82) is 0 Å². The summed E-state index contributed by atoms with van der Waals surface area (Å²) in [6.45, 7) is 0.0692. The van der Waals surface area contributed by atoms with Crippen molar-refractivity contribution in [3.05, 3.63) is 65.7 Å². The van der Waals surface area contributed by atoms with Gasteiger partial charge in [-0.3, -0.25) is 0 Å². The molecule has 0 spiro atoms. The lowest BCUT2D eigenvalue weighted by atomic mass is 10.2. The fourth-order valence-corrected chi connectivity index (χ4v) is 1.57.